The van der Waals surface area contributed by atoms with Crippen LogP contribution in [-0.2, 0) is 4.74 Å². The van der Waals surface area contributed by atoms with Gasteiger partial charge in [0.15, 0.2) is 0 Å². The number of hydrogen-bond donors (Lipinski definition) is 2. The zero-order valence-electron chi connectivity index (χ0n) is 11.2. The Labute approximate surface area is 109 Å². The molecule has 0 fully saturated rings. The summed E-state index contributed by atoms with van der Waals surface area (Å²) < 4.78 is 11.0. The van der Waals surface area contributed by atoms with Crippen LogP contribution in [-0.4, -0.2) is 37.0 Å². The molecule has 0 saturated heterocycles. The molecule has 0 aliphatic rings. The maximum absolute atomic E-state index is 9.03. The molecule has 0 aliphatic heterocycles. The summed E-state index contributed by atoms with van der Waals surface area (Å²) in [4.78, 5) is 0. The van der Waals surface area contributed by atoms with Gasteiger partial charge in [0.05, 0.1) is 6.61 Å². The normalized spacial score (nSPS) is 10.8. The lowest BCUT2D eigenvalue weighted by Gasteiger charge is -2.11. The van der Waals surface area contributed by atoms with E-state index in [1.165, 1.54) is 0 Å². The topological polar surface area (TPSA) is 58.9 Å². The van der Waals surface area contributed by atoms with Crippen molar-refractivity contribution in [3.05, 3.63) is 23.8 Å². The maximum Gasteiger partial charge on any atom is 0.488 e. The number of aryl methyl sites for hydroxylation is 1. The second-order valence-corrected chi connectivity index (χ2v) is 4.72. The highest BCUT2D eigenvalue weighted by Gasteiger charge is 2.12. The fraction of sp³-hybridized carbons (Fsp3) is 0.538. The van der Waals surface area contributed by atoms with Gasteiger partial charge in [0.2, 0.25) is 0 Å². The minimum absolute atomic E-state index is 0.468. The highest BCUT2D eigenvalue weighted by molar-refractivity contribution is 6.58. The van der Waals surface area contributed by atoms with Gasteiger partial charge in [0.1, 0.15) is 12.4 Å². The lowest BCUT2D eigenvalue weighted by molar-refractivity contribution is 0.0817. The van der Waals surface area contributed by atoms with Gasteiger partial charge in [0, 0.05) is 6.61 Å². The highest BCUT2D eigenvalue weighted by atomic mass is 16.5. The van der Waals surface area contributed by atoms with Gasteiger partial charge in [-0.25, -0.2) is 0 Å². The summed E-state index contributed by atoms with van der Waals surface area (Å²) in [5, 5.41) is 18.1. The third-order valence-corrected chi connectivity index (χ3v) is 2.43. The molecule has 0 unspecified atom stereocenters. The Morgan fingerprint density at radius 1 is 1.22 bits per heavy atom. The van der Waals surface area contributed by atoms with Gasteiger partial charge >= 0.3 is 7.12 Å². The van der Waals surface area contributed by atoms with E-state index in [0.717, 1.165) is 17.9 Å². The van der Waals surface area contributed by atoms with Gasteiger partial charge in [-0.2, -0.15) is 0 Å². The number of hydrogen-bond acceptors (Lipinski definition) is 4. The Hall–Kier alpha value is -1.04. The lowest BCUT2D eigenvalue weighted by Crippen LogP contribution is -2.29. The van der Waals surface area contributed by atoms with Crippen molar-refractivity contribution in [2.75, 3.05) is 19.8 Å². The van der Waals surface area contributed by atoms with E-state index in [4.69, 9.17) is 19.5 Å². The van der Waals surface area contributed by atoms with Gasteiger partial charge in [0.25, 0.3) is 0 Å². The Bertz CT molecular complexity index is 366. The van der Waals surface area contributed by atoms with Crippen LogP contribution in [0.5, 0.6) is 5.75 Å². The van der Waals surface area contributed by atoms with Crippen LogP contribution in [0.3, 0.4) is 0 Å². The summed E-state index contributed by atoms with van der Waals surface area (Å²) in [6, 6.07) is 5.09. The fourth-order valence-corrected chi connectivity index (χ4v) is 1.52. The van der Waals surface area contributed by atoms with Gasteiger partial charge in [-0.15, -0.1) is 0 Å². The maximum atomic E-state index is 9.03. The Morgan fingerprint density at radius 2 is 1.94 bits per heavy atom. The van der Waals surface area contributed by atoms with Crippen molar-refractivity contribution in [2.24, 2.45) is 5.92 Å². The van der Waals surface area contributed by atoms with E-state index < -0.39 is 7.12 Å². The molecular formula is C13H21BO4. The molecule has 0 atom stereocenters. The molecule has 0 bridgehead atoms. The van der Waals surface area contributed by atoms with Crippen LogP contribution in [0.15, 0.2) is 18.2 Å². The molecule has 1 aromatic carbocycles. The van der Waals surface area contributed by atoms with Crippen molar-refractivity contribution in [3.8, 4) is 5.75 Å². The average molecular weight is 252 g/mol. The van der Waals surface area contributed by atoms with Crippen molar-refractivity contribution < 1.29 is 19.5 Å². The Morgan fingerprint density at radius 3 is 2.50 bits per heavy atom. The molecule has 0 radical (unpaired) electrons. The predicted octanol–water partition coefficient (Wildman–Crippen LogP) is 0.726. The predicted molar refractivity (Wildman–Crippen MR) is 72.2 cm³/mol. The van der Waals surface area contributed by atoms with Crippen LogP contribution in [0, 0.1) is 12.8 Å². The lowest BCUT2D eigenvalue weighted by atomic mass is 9.79. The zero-order chi connectivity index (χ0) is 13.5. The van der Waals surface area contributed by atoms with Crippen LogP contribution in [0.25, 0.3) is 0 Å². The van der Waals surface area contributed by atoms with E-state index in [1.54, 1.807) is 18.2 Å². The van der Waals surface area contributed by atoms with Gasteiger partial charge in [-0.3, -0.25) is 0 Å². The van der Waals surface area contributed by atoms with Crippen LogP contribution in [0.1, 0.15) is 19.4 Å². The van der Waals surface area contributed by atoms with E-state index in [0.29, 0.717) is 24.6 Å². The zero-order valence-corrected chi connectivity index (χ0v) is 11.2. The van der Waals surface area contributed by atoms with Crippen LogP contribution in [0.4, 0.5) is 0 Å². The molecule has 0 aliphatic carbocycles. The smallest absolute Gasteiger partial charge is 0.488 e. The van der Waals surface area contributed by atoms with E-state index >= 15 is 0 Å². The molecule has 4 nitrogen and oxygen atoms in total. The first-order valence-corrected chi connectivity index (χ1v) is 6.18. The summed E-state index contributed by atoms with van der Waals surface area (Å²) >= 11 is 0. The third kappa shape index (κ3) is 5.08. The van der Waals surface area contributed by atoms with Crippen molar-refractivity contribution in [2.45, 2.75) is 20.8 Å². The molecule has 0 heterocycles. The summed E-state index contributed by atoms with van der Waals surface area (Å²) in [5.41, 5.74) is 1.35. The number of ether oxygens (including phenoxy) is 2. The van der Waals surface area contributed by atoms with E-state index in [-0.39, 0.29) is 0 Å². The first kappa shape index (κ1) is 15.0. The van der Waals surface area contributed by atoms with Crippen molar-refractivity contribution >= 4 is 12.6 Å². The van der Waals surface area contributed by atoms with Crippen molar-refractivity contribution in [1.82, 2.24) is 0 Å². The first-order chi connectivity index (χ1) is 8.50. The number of rotatable bonds is 7. The molecule has 0 saturated carbocycles. The molecule has 100 valence electrons. The number of benzene rings is 1. The monoisotopic (exact) mass is 252 g/mol. The fourth-order valence-electron chi connectivity index (χ4n) is 1.52. The van der Waals surface area contributed by atoms with Crippen molar-refractivity contribution in [1.29, 1.82) is 0 Å². The minimum atomic E-state index is -1.44. The molecule has 1 rings (SSSR count). The van der Waals surface area contributed by atoms with E-state index in [9.17, 15) is 0 Å². The van der Waals surface area contributed by atoms with Crippen LogP contribution >= 0.6 is 0 Å². The second kappa shape index (κ2) is 7.41. The van der Waals surface area contributed by atoms with Gasteiger partial charge in [-0.05, 0) is 29.9 Å². The minimum Gasteiger partial charge on any atom is -0.491 e. The summed E-state index contributed by atoms with van der Waals surface area (Å²) in [7, 11) is -1.44. The molecule has 5 heteroatoms. The van der Waals surface area contributed by atoms with Gasteiger partial charge < -0.3 is 19.5 Å². The summed E-state index contributed by atoms with van der Waals surface area (Å²) in [6.45, 7) is 7.86. The van der Waals surface area contributed by atoms with Crippen LogP contribution in [0.2, 0.25) is 0 Å². The molecule has 0 spiro atoms. The molecule has 18 heavy (non-hydrogen) atoms. The SMILES string of the molecule is Cc1cc(B(O)O)ccc1OCCOCC(C)C. The second-order valence-electron chi connectivity index (χ2n) is 4.72. The molecule has 0 aromatic heterocycles. The Kier molecular flexibility index (Phi) is 6.19. The quantitative estimate of drug-likeness (QED) is 0.554. The van der Waals surface area contributed by atoms with E-state index in [2.05, 4.69) is 13.8 Å². The molecule has 0 amide bonds. The average Bonchev–Trinajstić information content (AvgIpc) is 2.29. The van der Waals surface area contributed by atoms with Crippen LogP contribution < -0.4 is 10.2 Å². The summed E-state index contributed by atoms with van der Waals surface area (Å²) in [5.74, 6) is 1.27. The molecular weight excluding hydrogens is 231 g/mol. The molecule has 2 N–H and O–H groups in total. The summed E-state index contributed by atoms with van der Waals surface area (Å²) in [6.07, 6.45) is 0. The standard InChI is InChI=1S/C13H21BO4/c1-10(2)9-17-6-7-18-13-5-4-12(14(15)16)8-11(13)3/h4-5,8,10,15-16H,6-7,9H2,1-3H3. The van der Waals surface area contributed by atoms with Crippen molar-refractivity contribution in [3.63, 3.8) is 0 Å². The van der Waals surface area contributed by atoms with Gasteiger partial charge in [-0.1, -0.05) is 26.0 Å². The van der Waals surface area contributed by atoms with E-state index in [1.807, 2.05) is 6.92 Å². The highest BCUT2D eigenvalue weighted by Crippen LogP contribution is 2.15. The molecule has 1 aromatic rings. The largest absolute Gasteiger partial charge is 0.491 e. The first-order valence-electron chi connectivity index (χ1n) is 6.18. The Balaban J connectivity index is 2.39. The third-order valence-electron chi connectivity index (χ3n) is 2.43.